The average Bonchev–Trinajstić information content (AvgIpc) is 2.37. The van der Waals surface area contributed by atoms with E-state index < -0.39 is 22.2 Å². The summed E-state index contributed by atoms with van der Waals surface area (Å²) >= 11 is 0. The first-order valence-corrected chi connectivity index (χ1v) is 4.71. The quantitative estimate of drug-likeness (QED) is 0.323. The van der Waals surface area contributed by atoms with Crippen LogP contribution >= 0.6 is 0 Å². The van der Waals surface area contributed by atoms with E-state index in [1.165, 1.54) is 0 Å². The summed E-state index contributed by atoms with van der Waals surface area (Å²) in [5, 5.41) is 8.19. The number of nitrogens with one attached hydrogen (secondary N) is 4. The minimum atomic E-state index is -0.710. The van der Waals surface area contributed by atoms with Crippen molar-refractivity contribution in [3.05, 3.63) is 41.4 Å². The molecular weight excluding hydrogens is 244 g/mol. The van der Waals surface area contributed by atoms with E-state index in [-0.39, 0.29) is 22.1 Å². The average molecular weight is 248 g/mol. The Kier molecular flexibility index (Phi) is 1.82. The second-order valence-electron chi connectivity index (χ2n) is 3.43. The van der Waals surface area contributed by atoms with Crippen molar-refractivity contribution in [2.75, 3.05) is 0 Å². The third-order valence-electron chi connectivity index (χ3n) is 2.34. The molecule has 0 radical (unpaired) electrons. The number of aromatic nitrogens is 6. The first kappa shape index (κ1) is 10.1. The van der Waals surface area contributed by atoms with Crippen LogP contribution in [0.15, 0.2) is 19.2 Å². The smallest absolute Gasteiger partial charge is 0.266 e. The van der Waals surface area contributed by atoms with Gasteiger partial charge in [0.05, 0.1) is 0 Å². The Labute approximate surface area is 94.7 Å². The fraction of sp³-hybridized carbons (Fsp3) is 0. The molecular formula is C8H4N6O4. The Morgan fingerprint density at radius 1 is 0.500 bits per heavy atom. The van der Waals surface area contributed by atoms with Crippen molar-refractivity contribution < 1.29 is 0 Å². The van der Waals surface area contributed by atoms with E-state index in [9.17, 15) is 19.2 Å². The summed E-state index contributed by atoms with van der Waals surface area (Å²) < 4.78 is 0. The van der Waals surface area contributed by atoms with Crippen LogP contribution in [0.3, 0.4) is 0 Å². The van der Waals surface area contributed by atoms with Gasteiger partial charge in [-0.25, -0.2) is 9.97 Å². The van der Waals surface area contributed by atoms with Crippen LogP contribution in [0, 0.1) is 0 Å². The third kappa shape index (κ3) is 1.22. The fourth-order valence-electron chi connectivity index (χ4n) is 1.53. The van der Waals surface area contributed by atoms with Crippen LogP contribution in [0.25, 0.3) is 22.1 Å². The molecule has 0 spiro atoms. The number of rotatable bonds is 0. The number of aromatic amines is 4. The number of hydrogen-bond donors (Lipinski definition) is 4. The summed E-state index contributed by atoms with van der Waals surface area (Å²) in [5.41, 5.74) is -4.05. The third-order valence-corrected chi connectivity index (χ3v) is 2.34. The Morgan fingerprint density at radius 2 is 0.722 bits per heavy atom. The molecule has 0 fully saturated rings. The van der Waals surface area contributed by atoms with E-state index in [1.54, 1.807) is 0 Å². The van der Waals surface area contributed by atoms with Crippen LogP contribution in [0.1, 0.15) is 0 Å². The SMILES string of the molecule is O=c1[nH][nH]c(=O)c2nc3c(=O)[nH][nH]c(=O)c3nc12. The number of nitrogens with zero attached hydrogens (tertiary/aromatic N) is 2. The predicted molar refractivity (Wildman–Crippen MR) is 59.5 cm³/mol. The highest BCUT2D eigenvalue weighted by atomic mass is 16.2. The van der Waals surface area contributed by atoms with Crippen molar-refractivity contribution in [2.45, 2.75) is 0 Å². The van der Waals surface area contributed by atoms with Crippen LogP contribution < -0.4 is 22.2 Å². The van der Waals surface area contributed by atoms with Gasteiger partial charge >= 0.3 is 0 Å². The van der Waals surface area contributed by atoms with Gasteiger partial charge in [0.15, 0.2) is 22.1 Å². The van der Waals surface area contributed by atoms with Crippen molar-refractivity contribution in [2.24, 2.45) is 0 Å². The normalized spacial score (nSPS) is 11.1. The van der Waals surface area contributed by atoms with Gasteiger partial charge in [0, 0.05) is 0 Å². The van der Waals surface area contributed by atoms with Gasteiger partial charge in [0.2, 0.25) is 0 Å². The van der Waals surface area contributed by atoms with Gasteiger partial charge in [-0.3, -0.25) is 39.6 Å². The molecule has 0 amide bonds. The lowest BCUT2D eigenvalue weighted by Crippen LogP contribution is -2.26. The van der Waals surface area contributed by atoms with Crippen LogP contribution in [-0.4, -0.2) is 30.4 Å². The second kappa shape index (κ2) is 3.23. The molecule has 0 unspecified atom stereocenters. The molecule has 0 aliphatic carbocycles. The van der Waals surface area contributed by atoms with Gasteiger partial charge in [-0.05, 0) is 0 Å². The van der Waals surface area contributed by atoms with E-state index >= 15 is 0 Å². The summed E-state index contributed by atoms with van der Waals surface area (Å²) in [6, 6.07) is 0. The van der Waals surface area contributed by atoms with Gasteiger partial charge < -0.3 is 0 Å². The first-order chi connectivity index (χ1) is 8.58. The Balaban J connectivity index is 2.78. The molecule has 0 saturated heterocycles. The van der Waals surface area contributed by atoms with Crippen molar-refractivity contribution in [3.63, 3.8) is 0 Å². The maximum atomic E-state index is 11.4. The lowest BCUT2D eigenvalue weighted by Gasteiger charge is -1.97. The molecule has 4 N–H and O–H groups in total. The van der Waals surface area contributed by atoms with Gasteiger partial charge in [0.25, 0.3) is 22.2 Å². The lowest BCUT2D eigenvalue weighted by atomic mass is 10.3. The van der Waals surface area contributed by atoms with Crippen molar-refractivity contribution in [1.82, 2.24) is 30.4 Å². The molecule has 3 aromatic heterocycles. The van der Waals surface area contributed by atoms with E-state index in [4.69, 9.17) is 0 Å². The van der Waals surface area contributed by atoms with Crippen molar-refractivity contribution in [3.8, 4) is 0 Å². The molecule has 0 bridgehead atoms. The Bertz CT molecular complexity index is 845. The van der Waals surface area contributed by atoms with Gasteiger partial charge in [-0.1, -0.05) is 0 Å². The largest absolute Gasteiger partial charge is 0.290 e. The molecule has 10 heteroatoms. The molecule has 3 rings (SSSR count). The molecule has 0 aromatic carbocycles. The van der Waals surface area contributed by atoms with E-state index in [0.29, 0.717) is 0 Å². The second-order valence-corrected chi connectivity index (χ2v) is 3.43. The minimum Gasteiger partial charge on any atom is -0.266 e. The highest BCUT2D eigenvalue weighted by molar-refractivity contribution is 5.83. The van der Waals surface area contributed by atoms with Crippen LogP contribution in [0.4, 0.5) is 0 Å². The van der Waals surface area contributed by atoms with E-state index in [2.05, 4.69) is 9.97 Å². The summed E-state index contributed by atoms with van der Waals surface area (Å²) in [5.74, 6) is 0. The Hall–Kier alpha value is -3.04. The maximum Gasteiger partial charge on any atom is 0.290 e. The van der Waals surface area contributed by atoms with Crippen LogP contribution in [0.5, 0.6) is 0 Å². The van der Waals surface area contributed by atoms with Crippen molar-refractivity contribution in [1.29, 1.82) is 0 Å². The molecule has 3 aromatic rings. The van der Waals surface area contributed by atoms with Gasteiger partial charge in [-0.15, -0.1) is 0 Å². The molecule has 0 aliphatic rings. The predicted octanol–water partition coefficient (Wildman–Crippen LogP) is -2.46. The summed E-state index contributed by atoms with van der Waals surface area (Å²) in [4.78, 5) is 53.2. The van der Waals surface area contributed by atoms with Gasteiger partial charge in [-0.2, -0.15) is 0 Å². The molecule has 0 aliphatic heterocycles. The highest BCUT2D eigenvalue weighted by Crippen LogP contribution is 2.01. The molecule has 18 heavy (non-hydrogen) atoms. The molecule has 3 heterocycles. The number of fused-ring (bicyclic) bond motifs is 2. The van der Waals surface area contributed by atoms with Crippen molar-refractivity contribution >= 4 is 22.1 Å². The lowest BCUT2D eigenvalue weighted by molar-refractivity contribution is 0.948. The van der Waals surface area contributed by atoms with Crippen LogP contribution in [0.2, 0.25) is 0 Å². The highest BCUT2D eigenvalue weighted by Gasteiger charge is 2.12. The zero-order valence-corrected chi connectivity index (χ0v) is 8.53. The molecule has 0 saturated carbocycles. The van der Waals surface area contributed by atoms with E-state index in [1.807, 2.05) is 20.4 Å². The zero-order chi connectivity index (χ0) is 12.9. The zero-order valence-electron chi connectivity index (χ0n) is 8.53. The fourth-order valence-corrected chi connectivity index (χ4v) is 1.53. The molecule has 90 valence electrons. The van der Waals surface area contributed by atoms with Crippen LogP contribution in [-0.2, 0) is 0 Å². The maximum absolute atomic E-state index is 11.4. The summed E-state index contributed by atoms with van der Waals surface area (Å²) in [7, 11) is 0. The number of hydrogen-bond acceptors (Lipinski definition) is 6. The monoisotopic (exact) mass is 248 g/mol. The molecule has 0 atom stereocenters. The molecule has 10 nitrogen and oxygen atoms in total. The number of H-pyrrole nitrogens is 4. The summed E-state index contributed by atoms with van der Waals surface area (Å²) in [6.07, 6.45) is 0. The standard InChI is InChI=1S/C8H4N6O4/c15-5-1-2(6(16)12-11-5)10-4-3(9-1)7(17)13-14-8(4)18/h(H,11,15)(H,12,16)(H,13,17)(H,14,18). The van der Waals surface area contributed by atoms with Gasteiger partial charge in [0.1, 0.15) is 0 Å². The Morgan fingerprint density at radius 3 is 0.944 bits per heavy atom. The van der Waals surface area contributed by atoms with E-state index in [0.717, 1.165) is 0 Å². The topological polar surface area (TPSA) is 157 Å². The first-order valence-electron chi connectivity index (χ1n) is 4.71. The summed E-state index contributed by atoms with van der Waals surface area (Å²) in [6.45, 7) is 0. The minimum absolute atomic E-state index is 0.303.